The van der Waals surface area contributed by atoms with Gasteiger partial charge in [-0.3, -0.25) is 4.79 Å². The first kappa shape index (κ1) is 20.3. The van der Waals surface area contributed by atoms with E-state index < -0.39 is 0 Å². The molecule has 0 saturated carbocycles. The van der Waals surface area contributed by atoms with Crippen molar-refractivity contribution < 1.29 is 4.79 Å². The lowest BCUT2D eigenvalue weighted by Gasteiger charge is -2.12. The Bertz CT molecular complexity index is 934. The van der Waals surface area contributed by atoms with Crippen molar-refractivity contribution in [1.29, 1.82) is 0 Å². The van der Waals surface area contributed by atoms with Crippen LogP contribution in [0, 0.1) is 6.92 Å². The summed E-state index contributed by atoms with van der Waals surface area (Å²) in [6, 6.07) is 12.7. The maximum absolute atomic E-state index is 12.3. The molecule has 2 aromatic heterocycles. The molecule has 3 rings (SSSR count). The molecule has 3 aromatic rings. The smallest absolute Gasteiger partial charge is 0.156 e. The molecule has 28 heavy (non-hydrogen) atoms. The first-order valence-corrected chi connectivity index (χ1v) is 10.8. The first-order chi connectivity index (χ1) is 13.6. The summed E-state index contributed by atoms with van der Waals surface area (Å²) in [4.78, 5) is 18.2. The summed E-state index contributed by atoms with van der Waals surface area (Å²) in [7, 11) is 0. The third-order valence-corrected chi connectivity index (χ3v) is 5.78. The zero-order chi connectivity index (χ0) is 19.9. The Morgan fingerprint density at radius 1 is 1.21 bits per heavy atom. The maximum atomic E-state index is 12.3. The van der Waals surface area contributed by atoms with E-state index in [1.807, 2.05) is 18.3 Å². The van der Waals surface area contributed by atoms with Gasteiger partial charge < -0.3 is 4.57 Å². The topological polar surface area (TPSA) is 34.9 Å². The molecule has 0 amide bonds. The number of hydrogen-bond acceptors (Lipinski definition) is 3. The minimum Gasteiger partial charge on any atom is -0.324 e. The van der Waals surface area contributed by atoms with E-state index >= 15 is 0 Å². The van der Waals surface area contributed by atoms with Gasteiger partial charge in [0.2, 0.25) is 0 Å². The Balaban J connectivity index is 1.94. The number of unbranched alkanes of at least 4 members (excludes halogenated alkanes) is 1. The highest BCUT2D eigenvalue weighted by molar-refractivity contribution is 7.09. The molecule has 0 aliphatic rings. The number of hydrogen-bond donors (Lipinski definition) is 0. The summed E-state index contributed by atoms with van der Waals surface area (Å²) in [5.41, 5.74) is 4.34. The summed E-state index contributed by atoms with van der Waals surface area (Å²) in [5.74, 6) is 1.21. The number of thiophene rings is 1. The van der Waals surface area contributed by atoms with Gasteiger partial charge in [-0.25, -0.2) is 4.98 Å². The highest BCUT2D eigenvalue weighted by atomic mass is 32.1. The summed E-state index contributed by atoms with van der Waals surface area (Å²) < 4.78 is 2.26. The number of Topliss-reactive ketones (excluding diaryl/α,β-unsaturated/α-hetero) is 1. The van der Waals surface area contributed by atoms with Gasteiger partial charge in [0, 0.05) is 29.8 Å². The van der Waals surface area contributed by atoms with Crippen LogP contribution in [0.1, 0.15) is 54.2 Å². The van der Waals surface area contributed by atoms with Crippen molar-refractivity contribution in [3.63, 3.8) is 0 Å². The van der Waals surface area contributed by atoms with Crippen molar-refractivity contribution in [3.8, 4) is 0 Å². The van der Waals surface area contributed by atoms with Gasteiger partial charge in [-0.05, 0) is 43.4 Å². The standard InChI is InChI=1S/C24H28N2OS/c1-4-5-8-24-25-16-22(26(24)17-20-11-9-18(2)10-12-20)14-21(19(3)27)15-23-7-6-13-28-23/h6-7,9-14,16H,4-5,8,15,17H2,1-3H3/b21-14+. The monoisotopic (exact) mass is 392 g/mol. The predicted octanol–water partition coefficient (Wildman–Crippen LogP) is 5.86. The summed E-state index contributed by atoms with van der Waals surface area (Å²) >= 11 is 1.69. The van der Waals surface area contributed by atoms with Crippen LogP contribution in [0.2, 0.25) is 0 Å². The molecule has 0 unspecified atom stereocenters. The highest BCUT2D eigenvalue weighted by Crippen LogP contribution is 2.20. The van der Waals surface area contributed by atoms with Crippen LogP contribution in [-0.2, 0) is 24.2 Å². The number of allylic oxidation sites excluding steroid dienone is 1. The third kappa shape index (κ3) is 5.29. The fourth-order valence-electron chi connectivity index (χ4n) is 3.19. The molecule has 0 saturated heterocycles. The molecular formula is C24H28N2OS. The molecule has 0 fully saturated rings. The highest BCUT2D eigenvalue weighted by Gasteiger charge is 2.12. The molecule has 0 aliphatic heterocycles. The molecule has 1 aromatic carbocycles. The SMILES string of the molecule is CCCCc1ncc(/C=C(\Cc2cccs2)C(C)=O)n1Cc1ccc(C)cc1. The number of aryl methyl sites for hydroxylation is 2. The van der Waals surface area contributed by atoms with Crippen molar-refractivity contribution in [2.75, 3.05) is 0 Å². The van der Waals surface area contributed by atoms with Gasteiger partial charge in [-0.1, -0.05) is 49.2 Å². The maximum Gasteiger partial charge on any atom is 0.156 e. The lowest BCUT2D eigenvalue weighted by molar-refractivity contribution is -0.113. The predicted molar refractivity (Wildman–Crippen MR) is 118 cm³/mol. The van der Waals surface area contributed by atoms with E-state index in [0.29, 0.717) is 6.42 Å². The number of benzene rings is 1. The van der Waals surface area contributed by atoms with Crippen LogP contribution < -0.4 is 0 Å². The second-order valence-electron chi connectivity index (χ2n) is 7.26. The van der Waals surface area contributed by atoms with Gasteiger partial charge in [0.25, 0.3) is 0 Å². The van der Waals surface area contributed by atoms with Crippen molar-refractivity contribution in [3.05, 3.63) is 81.1 Å². The zero-order valence-electron chi connectivity index (χ0n) is 16.9. The molecule has 0 aliphatic carbocycles. The molecule has 0 N–H and O–H groups in total. The Morgan fingerprint density at radius 2 is 2.00 bits per heavy atom. The molecule has 0 atom stereocenters. The van der Waals surface area contributed by atoms with Gasteiger partial charge in [-0.15, -0.1) is 11.3 Å². The summed E-state index contributed by atoms with van der Waals surface area (Å²) in [6.45, 7) is 6.72. The lowest BCUT2D eigenvalue weighted by atomic mass is 10.1. The lowest BCUT2D eigenvalue weighted by Crippen LogP contribution is -2.08. The number of imidazole rings is 1. The Labute approximate surface area is 171 Å². The number of carbonyl (C=O) groups is 1. The van der Waals surface area contributed by atoms with Gasteiger partial charge in [0.05, 0.1) is 11.9 Å². The van der Waals surface area contributed by atoms with E-state index in [-0.39, 0.29) is 5.78 Å². The molecular weight excluding hydrogens is 364 g/mol. The molecule has 146 valence electrons. The van der Waals surface area contributed by atoms with E-state index in [1.54, 1.807) is 18.3 Å². The van der Waals surface area contributed by atoms with Gasteiger partial charge in [-0.2, -0.15) is 0 Å². The second kappa shape index (κ2) is 9.65. The summed E-state index contributed by atoms with van der Waals surface area (Å²) in [5, 5.41) is 2.05. The van der Waals surface area contributed by atoms with E-state index in [9.17, 15) is 4.79 Å². The summed E-state index contributed by atoms with van der Waals surface area (Å²) in [6.07, 6.45) is 7.82. The Kier molecular flexibility index (Phi) is 6.99. The van der Waals surface area contributed by atoms with E-state index in [1.165, 1.54) is 16.0 Å². The van der Waals surface area contributed by atoms with Crippen molar-refractivity contribution in [1.82, 2.24) is 9.55 Å². The van der Waals surface area contributed by atoms with E-state index in [0.717, 1.165) is 42.9 Å². The normalized spacial score (nSPS) is 11.8. The third-order valence-electron chi connectivity index (χ3n) is 4.90. The molecule has 3 nitrogen and oxygen atoms in total. The van der Waals surface area contributed by atoms with Crippen molar-refractivity contribution in [2.45, 2.75) is 53.0 Å². The largest absolute Gasteiger partial charge is 0.324 e. The Hall–Kier alpha value is -2.46. The average molecular weight is 393 g/mol. The first-order valence-electron chi connectivity index (χ1n) is 9.90. The molecule has 0 spiro atoms. The molecule has 0 bridgehead atoms. The fraction of sp³-hybridized carbons (Fsp3) is 0.333. The molecule has 2 heterocycles. The van der Waals surface area contributed by atoms with Crippen LogP contribution >= 0.6 is 11.3 Å². The van der Waals surface area contributed by atoms with Crippen LogP contribution in [0.4, 0.5) is 0 Å². The van der Waals surface area contributed by atoms with Gasteiger partial charge in [0.1, 0.15) is 5.82 Å². The van der Waals surface area contributed by atoms with Crippen LogP contribution in [0.3, 0.4) is 0 Å². The van der Waals surface area contributed by atoms with Crippen LogP contribution in [0.25, 0.3) is 6.08 Å². The van der Waals surface area contributed by atoms with Gasteiger partial charge >= 0.3 is 0 Å². The number of aromatic nitrogens is 2. The number of ketones is 1. The quantitative estimate of drug-likeness (QED) is 0.428. The van der Waals surface area contributed by atoms with E-state index in [4.69, 9.17) is 0 Å². The van der Waals surface area contributed by atoms with Crippen molar-refractivity contribution >= 4 is 23.2 Å². The van der Waals surface area contributed by atoms with Crippen LogP contribution in [0.5, 0.6) is 0 Å². The zero-order valence-corrected chi connectivity index (χ0v) is 17.8. The average Bonchev–Trinajstić information content (AvgIpc) is 3.32. The van der Waals surface area contributed by atoms with Gasteiger partial charge in [0.15, 0.2) is 5.78 Å². The number of carbonyl (C=O) groups excluding carboxylic acids is 1. The van der Waals surface area contributed by atoms with Crippen molar-refractivity contribution in [2.24, 2.45) is 0 Å². The fourth-order valence-corrected chi connectivity index (χ4v) is 3.92. The Morgan fingerprint density at radius 3 is 2.64 bits per heavy atom. The minimum atomic E-state index is 0.117. The molecule has 0 radical (unpaired) electrons. The van der Waals surface area contributed by atoms with Crippen LogP contribution in [-0.4, -0.2) is 15.3 Å². The van der Waals surface area contributed by atoms with E-state index in [2.05, 4.69) is 59.1 Å². The number of nitrogens with zero attached hydrogens (tertiary/aromatic N) is 2. The number of rotatable bonds is 9. The second-order valence-corrected chi connectivity index (χ2v) is 8.29. The minimum absolute atomic E-state index is 0.117. The molecule has 4 heteroatoms. The van der Waals surface area contributed by atoms with Crippen LogP contribution in [0.15, 0.2) is 53.5 Å².